The van der Waals surface area contributed by atoms with Gasteiger partial charge in [0.15, 0.2) is 0 Å². The van der Waals surface area contributed by atoms with Crippen LogP contribution in [0.2, 0.25) is 0 Å². The maximum absolute atomic E-state index is 11.8. The Morgan fingerprint density at radius 1 is 1.42 bits per heavy atom. The molecule has 0 atom stereocenters. The number of rotatable bonds is 6. The zero-order valence-corrected chi connectivity index (χ0v) is 12.7. The summed E-state index contributed by atoms with van der Waals surface area (Å²) >= 11 is 1.77. The summed E-state index contributed by atoms with van der Waals surface area (Å²) in [5, 5.41) is 8.48. The van der Waals surface area contributed by atoms with E-state index in [1.165, 1.54) is 17.7 Å². The second kappa shape index (κ2) is 6.53. The lowest BCUT2D eigenvalue weighted by molar-refractivity contribution is -0.120. The monoisotopic (exact) mass is 280 g/mol. The molecule has 106 valence electrons. The number of hydrogen-bond donors (Lipinski definition) is 2. The molecule has 0 aliphatic heterocycles. The Labute approximate surface area is 119 Å². The minimum atomic E-state index is 0.0851. The fourth-order valence-corrected chi connectivity index (χ4v) is 3.44. The molecule has 2 rings (SSSR count). The third-order valence-electron chi connectivity index (χ3n) is 3.76. The maximum atomic E-state index is 11.8. The molecule has 0 spiro atoms. The first-order valence-corrected chi connectivity index (χ1v) is 8.00. The Morgan fingerprint density at radius 2 is 2.16 bits per heavy atom. The van der Waals surface area contributed by atoms with Gasteiger partial charge in [-0.05, 0) is 24.3 Å². The first-order valence-electron chi connectivity index (χ1n) is 7.12. The van der Waals surface area contributed by atoms with Crippen LogP contribution in [0.25, 0.3) is 0 Å². The molecule has 1 aromatic rings. The minimum absolute atomic E-state index is 0.0851. The third kappa shape index (κ3) is 4.32. The zero-order valence-electron chi connectivity index (χ0n) is 11.9. The Hall–Kier alpha value is -0.870. The summed E-state index contributed by atoms with van der Waals surface area (Å²) in [5.74, 6) is 0.133. The number of amides is 1. The van der Waals surface area contributed by atoms with Gasteiger partial charge in [0.25, 0.3) is 0 Å². The van der Waals surface area contributed by atoms with Crippen molar-refractivity contribution in [3.63, 3.8) is 0 Å². The highest BCUT2D eigenvalue weighted by atomic mass is 32.1. The number of nitrogens with one attached hydrogen (secondary N) is 2. The summed E-state index contributed by atoms with van der Waals surface area (Å²) in [6.45, 7) is 5.67. The van der Waals surface area contributed by atoms with Crippen LogP contribution in [0.1, 0.15) is 44.4 Å². The van der Waals surface area contributed by atoms with Crippen LogP contribution in [0.4, 0.5) is 0 Å². The molecular formula is C15H24N2OS. The van der Waals surface area contributed by atoms with Crippen molar-refractivity contribution >= 4 is 17.2 Å². The van der Waals surface area contributed by atoms with E-state index in [1.54, 1.807) is 11.3 Å². The summed E-state index contributed by atoms with van der Waals surface area (Å²) < 4.78 is 0. The molecule has 1 heterocycles. The molecular weight excluding hydrogens is 256 g/mol. The van der Waals surface area contributed by atoms with Crippen LogP contribution in [0.3, 0.4) is 0 Å². The Morgan fingerprint density at radius 3 is 2.79 bits per heavy atom. The molecule has 1 fully saturated rings. The average molecular weight is 280 g/mol. The van der Waals surface area contributed by atoms with E-state index in [-0.39, 0.29) is 11.3 Å². The van der Waals surface area contributed by atoms with E-state index in [4.69, 9.17) is 0 Å². The standard InChI is InChI=1S/C15H24N2OS/c1-15(2,13-8-5-9-19-13)11-16-10-14(18)17-12-6-3-4-7-12/h5,8-9,12,16H,3-4,6-7,10-11H2,1-2H3,(H,17,18). The maximum Gasteiger partial charge on any atom is 0.234 e. The largest absolute Gasteiger partial charge is 0.352 e. The van der Waals surface area contributed by atoms with Gasteiger partial charge in [0.05, 0.1) is 6.54 Å². The van der Waals surface area contributed by atoms with E-state index in [0.717, 1.165) is 19.4 Å². The Bertz CT molecular complexity index is 394. The molecule has 0 unspecified atom stereocenters. The van der Waals surface area contributed by atoms with E-state index in [1.807, 2.05) is 0 Å². The highest BCUT2D eigenvalue weighted by Gasteiger charge is 2.22. The molecule has 1 aliphatic carbocycles. The van der Waals surface area contributed by atoms with Crippen LogP contribution in [0.15, 0.2) is 17.5 Å². The van der Waals surface area contributed by atoms with Crippen LogP contribution in [-0.4, -0.2) is 25.0 Å². The van der Waals surface area contributed by atoms with Gasteiger partial charge in [0.1, 0.15) is 0 Å². The summed E-state index contributed by atoms with van der Waals surface area (Å²) in [4.78, 5) is 13.2. The lowest BCUT2D eigenvalue weighted by atomic mass is 9.91. The molecule has 3 nitrogen and oxygen atoms in total. The van der Waals surface area contributed by atoms with Crippen LogP contribution in [0, 0.1) is 0 Å². The van der Waals surface area contributed by atoms with Crippen molar-refractivity contribution in [2.75, 3.05) is 13.1 Å². The second-order valence-corrected chi connectivity index (χ2v) is 6.96. The topological polar surface area (TPSA) is 41.1 Å². The first kappa shape index (κ1) is 14.5. The van der Waals surface area contributed by atoms with Gasteiger partial charge in [0, 0.05) is 22.9 Å². The van der Waals surface area contributed by atoms with Gasteiger partial charge in [-0.15, -0.1) is 11.3 Å². The lowest BCUT2D eigenvalue weighted by Crippen LogP contribution is -2.42. The predicted octanol–water partition coefficient (Wildman–Crippen LogP) is 2.67. The molecule has 19 heavy (non-hydrogen) atoms. The van der Waals surface area contributed by atoms with Crippen molar-refractivity contribution in [2.45, 2.75) is 51.0 Å². The van der Waals surface area contributed by atoms with Crippen LogP contribution in [0.5, 0.6) is 0 Å². The molecule has 4 heteroatoms. The van der Waals surface area contributed by atoms with Gasteiger partial charge in [0.2, 0.25) is 5.91 Å². The van der Waals surface area contributed by atoms with Gasteiger partial charge >= 0.3 is 0 Å². The Kier molecular flexibility index (Phi) is 4.99. The number of carbonyl (C=O) groups excluding carboxylic acids is 1. The van der Waals surface area contributed by atoms with E-state index >= 15 is 0 Å². The quantitative estimate of drug-likeness (QED) is 0.841. The minimum Gasteiger partial charge on any atom is -0.352 e. The summed E-state index contributed by atoms with van der Waals surface area (Å²) in [6, 6.07) is 4.65. The summed E-state index contributed by atoms with van der Waals surface area (Å²) in [5.41, 5.74) is 0.0851. The summed E-state index contributed by atoms with van der Waals surface area (Å²) in [6.07, 6.45) is 4.80. The van der Waals surface area contributed by atoms with Crippen molar-refractivity contribution in [3.8, 4) is 0 Å². The summed E-state index contributed by atoms with van der Waals surface area (Å²) in [7, 11) is 0. The lowest BCUT2D eigenvalue weighted by Gasteiger charge is -2.23. The Balaban J connectivity index is 1.69. The predicted molar refractivity (Wildman–Crippen MR) is 80.6 cm³/mol. The average Bonchev–Trinajstić information content (AvgIpc) is 3.00. The molecule has 1 aromatic heterocycles. The van der Waals surface area contributed by atoms with E-state index in [0.29, 0.717) is 12.6 Å². The first-order chi connectivity index (χ1) is 9.08. The fourth-order valence-electron chi connectivity index (χ4n) is 2.59. The van der Waals surface area contributed by atoms with Crippen LogP contribution >= 0.6 is 11.3 Å². The van der Waals surface area contributed by atoms with Gasteiger partial charge in [-0.25, -0.2) is 0 Å². The number of hydrogen-bond acceptors (Lipinski definition) is 3. The molecule has 1 aliphatic rings. The highest BCUT2D eigenvalue weighted by Crippen LogP contribution is 2.26. The van der Waals surface area contributed by atoms with Gasteiger partial charge in [-0.3, -0.25) is 4.79 Å². The fraction of sp³-hybridized carbons (Fsp3) is 0.667. The highest BCUT2D eigenvalue weighted by molar-refractivity contribution is 7.10. The van der Waals surface area contributed by atoms with Crippen molar-refractivity contribution in [1.29, 1.82) is 0 Å². The molecule has 2 N–H and O–H groups in total. The third-order valence-corrected chi connectivity index (χ3v) is 5.00. The SMILES string of the molecule is CC(C)(CNCC(=O)NC1CCCC1)c1cccs1. The van der Waals surface area contributed by atoms with Crippen LogP contribution < -0.4 is 10.6 Å². The second-order valence-electron chi connectivity index (χ2n) is 6.01. The van der Waals surface area contributed by atoms with Gasteiger partial charge < -0.3 is 10.6 Å². The molecule has 0 aromatic carbocycles. The molecule has 1 amide bonds. The van der Waals surface area contributed by atoms with E-state index < -0.39 is 0 Å². The zero-order chi connectivity index (χ0) is 13.7. The molecule has 1 saturated carbocycles. The van der Waals surface area contributed by atoms with E-state index in [2.05, 4.69) is 42.0 Å². The number of carbonyl (C=O) groups is 1. The van der Waals surface area contributed by atoms with Crippen molar-refractivity contribution in [1.82, 2.24) is 10.6 Å². The van der Waals surface area contributed by atoms with Gasteiger partial charge in [-0.2, -0.15) is 0 Å². The molecule has 0 bridgehead atoms. The van der Waals surface area contributed by atoms with Gasteiger partial charge in [-0.1, -0.05) is 32.8 Å². The normalized spacial score (nSPS) is 16.7. The number of thiophene rings is 1. The van der Waals surface area contributed by atoms with Crippen molar-refractivity contribution < 1.29 is 4.79 Å². The molecule has 0 saturated heterocycles. The smallest absolute Gasteiger partial charge is 0.234 e. The van der Waals surface area contributed by atoms with E-state index in [9.17, 15) is 4.79 Å². The van der Waals surface area contributed by atoms with Crippen molar-refractivity contribution in [3.05, 3.63) is 22.4 Å². The molecule has 0 radical (unpaired) electrons. The van der Waals surface area contributed by atoms with Crippen LogP contribution in [-0.2, 0) is 10.2 Å². The van der Waals surface area contributed by atoms with Crippen molar-refractivity contribution in [2.24, 2.45) is 0 Å².